The topological polar surface area (TPSA) is 9.23 Å². The first-order valence-corrected chi connectivity index (χ1v) is 6.19. The quantitative estimate of drug-likeness (QED) is 0.579. The minimum Gasteiger partial charge on any atom is -0.494 e. The van der Waals surface area contributed by atoms with Gasteiger partial charge in [-0.1, -0.05) is 27.5 Å². The fraction of sp³-hybridized carbons (Fsp3) is 0.455. The summed E-state index contributed by atoms with van der Waals surface area (Å²) in [6.07, 6.45) is 2.22. The third-order valence-electron chi connectivity index (χ3n) is 1.93. The molecule has 0 amide bonds. The molecule has 1 aromatic carbocycles. The van der Waals surface area contributed by atoms with Gasteiger partial charge in [0.1, 0.15) is 5.75 Å². The Labute approximate surface area is 98.5 Å². The zero-order chi connectivity index (χ0) is 10.4. The van der Waals surface area contributed by atoms with E-state index >= 15 is 0 Å². The van der Waals surface area contributed by atoms with Crippen LogP contribution in [-0.2, 0) is 0 Å². The highest BCUT2D eigenvalue weighted by atomic mass is 79.9. The molecule has 0 unspecified atom stereocenters. The average molecular weight is 278 g/mol. The fourth-order valence-electron chi connectivity index (χ4n) is 1.09. The molecule has 0 atom stereocenters. The van der Waals surface area contributed by atoms with E-state index in [0.717, 1.165) is 41.1 Å². The van der Waals surface area contributed by atoms with Crippen LogP contribution in [0.2, 0.25) is 5.02 Å². The van der Waals surface area contributed by atoms with Crippen LogP contribution in [0.3, 0.4) is 0 Å². The largest absolute Gasteiger partial charge is 0.494 e. The van der Waals surface area contributed by atoms with Gasteiger partial charge in [-0.3, -0.25) is 0 Å². The molecule has 0 heterocycles. The van der Waals surface area contributed by atoms with Gasteiger partial charge in [0.25, 0.3) is 0 Å². The summed E-state index contributed by atoms with van der Waals surface area (Å²) in [6.45, 7) is 2.75. The van der Waals surface area contributed by atoms with E-state index in [9.17, 15) is 0 Å². The molecular weight excluding hydrogens is 263 g/mol. The Kier molecular flexibility index (Phi) is 5.34. The Morgan fingerprint density at radius 2 is 2.14 bits per heavy atom. The van der Waals surface area contributed by atoms with Crippen LogP contribution in [0, 0.1) is 6.92 Å². The van der Waals surface area contributed by atoms with E-state index < -0.39 is 0 Å². The van der Waals surface area contributed by atoms with Gasteiger partial charge in [-0.15, -0.1) is 0 Å². The van der Waals surface area contributed by atoms with E-state index in [2.05, 4.69) is 15.9 Å². The lowest BCUT2D eigenvalue weighted by Crippen LogP contribution is -1.97. The first kappa shape index (κ1) is 11.9. The highest BCUT2D eigenvalue weighted by molar-refractivity contribution is 9.09. The molecule has 0 fully saturated rings. The van der Waals surface area contributed by atoms with E-state index in [1.165, 1.54) is 0 Å². The van der Waals surface area contributed by atoms with Crippen LogP contribution in [0.4, 0.5) is 0 Å². The van der Waals surface area contributed by atoms with Crippen LogP contribution in [0.15, 0.2) is 18.2 Å². The molecule has 0 spiro atoms. The van der Waals surface area contributed by atoms with Crippen molar-refractivity contribution >= 4 is 27.5 Å². The van der Waals surface area contributed by atoms with Gasteiger partial charge in [-0.25, -0.2) is 0 Å². The van der Waals surface area contributed by atoms with Gasteiger partial charge in [0, 0.05) is 10.4 Å². The average Bonchev–Trinajstić information content (AvgIpc) is 2.18. The molecule has 1 aromatic rings. The maximum atomic E-state index is 5.90. The number of hydrogen-bond acceptors (Lipinski definition) is 1. The Balaban J connectivity index is 2.39. The first-order chi connectivity index (χ1) is 6.74. The molecular formula is C11H14BrClO. The molecule has 0 saturated heterocycles. The van der Waals surface area contributed by atoms with Gasteiger partial charge in [0.15, 0.2) is 0 Å². The highest BCUT2D eigenvalue weighted by Gasteiger charge is 1.97. The van der Waals surface area contributed by atoms with Crippen LogP contribution in [0.5, 0.6) is 5.75 Å². The molecule has 0 saturated carbocycles. The number of unbranched alkanes of at least 4 members (excludes halogenated alkanes) is 1. The zero-order valence-corrected chi connectivity index (χ0v) is 10.6. The second kappa shape index (κ2) is 6.31. The van der Waals surface area contributed by atoms with Crippen LogP contribution in [0.25, 0.3) is 0 Å². The van der Waals surface area contributed by atoms with Gasteiger partial charge in [-0.05, 0) is 43.5 Å². The first-order valence-electron chi connectivity index (χ1n) is 4.69. The van der Waals surface area contributed by atoms with Gasteiger partial charge in [-0.2, -0.15) is 0 Å². The van der Waals surface area contributed by atoms with E-state index in [0.29, 0.717) is 0 Å². The maximum Gasteiger partial charge on any atom is 0.119 e. The molecule has 78 valence electrons. The highest BCUT2D eigenvalue weighted by Crippen LogP contribution is 2.21. The Morgan fingerprint density at radius 3 is 2.79 bits per heavy atom. The third-order valence-corrected chi connectivity index (χ3v) is 2.91. The number of alkyl halides is 1. The standard InChI is InChI=1S/C11H14BrClO/c1-9-8-10(4-5-11(9)13)14-7-3-2-6-12/h4-5,8H,2-3,6-7H2,1H3. The van der Waals surface area contributed by atoms with Gasteiger partial charge in [0.05, 0.1) is 6.61 Å². The summed E-state index contributed by atoms with van der Waals surface area (Å²) in [5.41, 5.74) is 1.06. The normalized spacial score (nSPS) is 10.2. The number of aryl methyl sites for hydroxylation is 1. The van der Waals surface area contributed by atoms with Crippen molar-refractivity contribution in [3.63, 3.8) is 0 Å². The predicted octanol–water partition coefficient (Wildman–Crippen LogP) is 4.20. The Morgan fingerprint density at radius 1 is 1.36 bits per heavy atom. The molecule has 1 nitrogen and oxygen atoms in total. The fourth-order valence-corrected chi connectivity index (χ4v) is 1.61. The lowest BCUT2D eigenvalue weighted by atomic mass is 10.2. The number of halogens is 2. The van der Waals surface area contributed by atoms with E-state index in [-0.39, 0.29) is 0 Å². The Hall–Kier alpha value is -0.210. The maximum absolute atomic E-state index is 5.90. The van der Waals surface area contributed by atoms with E-state index in [1.807, 2.05) is 25.1 Å². The lowest BCUT2D eigenvalue weighted by Gasteiger charge is -2.06. The Bertz CT molecular complexity index is 289. The van der Waals surface area contributed by atoms with Crippen molar-refractivity contribution in [3.05, 3.63) is 28.8 Å². The second-order valence-electron chi connectivity index (χ2n) is 3.16. The molecule has 0 radical (unpaired) electrons. The molecule has 3 heteroatoms. The molecule has 0 aliphatic heterocycles. The van der Waals surface area contributed by atoms with Crippen molar-refractivity contribution < 1.29 is 4.74 Å². The van der Waals surface area contributed by atoms with Crippen molar-refractivity contribution in [3.8, 4) is 5.75 Å². The summed E-state index contributed by atoms with van der Waals surface area (Å²) < 4.78 is 5.56. The number of benzene rings is 1. The summed E-state index contributed by atoms with van der Waals surface area (Å²) in [5, 5.41) is 1.83. The van der Waals surface area contributed by atoms with Crippen LogP contribution in [0.1, 0.15) is 18.4 Å². The van der Waals surface area contributed by atoms with Crippen LogP contribution < -0.4 is 4.74 Å². The molecule has 0 aliphatic carbocycles. The number of ether oxygens (including phenoxy) is 1. The van der Waals surface area contributed by atoms with Crippen molar-refractivity contribution in [2.75, 3.05) is 11.9 Å². The molecule has 14 heavy (non-hydrogen) atoms. The van der Waals surface area contributed by atoms with Gasteiger partial charge >= 0.3 is 0 Å². The summed E-state index contributed by atoms with van der Waals surface area (Å²) in [5.74, 6) is 0.904. The molecule has 1 rings (SSSR count). The van der Waals surface area contributed by atoms with Crippen LogP contribution in [-0.4, -0.2) is 11.9 Å². The summed E-state index contributed by atoms with van der Waals surface area (Å²) in [6, 6.07) is 5.75. The minimum absolute atomic E-state index is 0.771. The van der Waals surface area contributed by atoms with Crippen molar-refractivity contribution in [1.82, 2.24) is 0 Å². The summed E-state index contributed by atoms with van der Waals surface area (Å²) >= 11 is 9.29. The van der Waals surface area contributed by atoms with Crippen molar-refractivity contribution in [2.45, 2.75) is 19.8 Å². The SMILES string of the molecule is Cc1cc(OCCCCBr)ccc1Cl. The molecule has 0 N–H and O–H groups in total. The van der Waals surface area contributed by atoms with Crippen molar-refractivity contribution in [1.29, 1.82) is 0 Å². The molecule has 0 bridgehead atoms. The lowest BCUT2D eigenvalue weighted by molar-refractivity contribution is 0.310. The predicted molar refractivity (Wildman–Crippen MR) is 64.7 cm³/mol. The van der Waals surface area contributed by atoms with Crippen LogP contribution >= 0.6 is 27.5 Å². The smallest absolute Gasteiger partial charge is 0.119 e. The third kappa shape index (κ3) is 3.89. The monoisotopic (exact) mass is 276 g/mol. The minimum atomic E-state index is 0.771. The molecule has 0 aromatic heterocycles. The van der Waals surface area contributed by atoms with Gasteiger partial charge < -0.3 is 4.74 Å². The number of hydrogen-bond donors (Lipinski definition) is 0. The zero-order valence-electron chi connectivity index (χ0n) is 8.22. The van der Waals surface area contributed by atoms with Crippen molar-refractivity contribution in [2.24, 2.45) is 0 Å². The summed E-state index contributed by atoms with van der Waals surface area (Å²) in [4.78, 5) is 0. The number of rotatable bonds is 5. The van der Waals surface area contributed by atoms with E-state index in [4.69, 9.17) is 16.3 Å². The van der Waals surface area contributed by atoms with E-state index in [1.54, 1.807) is 0 Å². The van der Waals surface area contributed by atoms with Gasteiger partial charge in [0.2, 0.25) is 0 Å². The second-order valence-corrected chi connectivity index (χ2v) is 4.36. The molecule has 0 aliphatic rings. The summed E-state index contributed by atoms with van der Waals surface area (Å²) in [7, 11) is 0.